The predicted molar refractivity (Wildman–Crippen MR) is 89.0 cm³/mol. The largest absolute Gasteiger partial charge is 0.397 e. The summed E-state index contributed by atoms with van der Waals surface area (Å²) in [7, 11) is 1.98. The third kappa shape index (κ3) is 2.45. The summed E-state index contributed by atoms with van der Waals surface area (Å²) in [4.78, 5) is 19.4. The Morgan fingerprint density at radius 3 is 2.90 bits per heavy atom. The highest BCUT2D eigenvalue weighted by molar-refractivity contribution is 7.21. The number of carbonyl (C=O) groups excluding carboxylic acids is 1. The van der Waals surface area contributed by atoms with E-state index in [9.17, 15) is 4.79 Å². The molecule has 0 aromatic carbocycles. The summed E-state index contributed by atoms with van der Waals surface area (Å²) < 4.78 is 0.872. The highest BCUT2D eigenvalue weighted by Crippen LogP contribution is 2.39. The van der Waals surface area contributed by atoms with Crippen LogP contribution in [0.1, 0.15) is 14.5 Å². The molecule has 5 nitrogen and oxygen atoms in total. The number of amides is 1. The molecule has 21 heavy (non-hydrogen) atoms. The number of aromatic nitrogens is 1. The lowest BCUT2D eigenvalue weighted by molar-refractivity contribution is 0.100. The van der Waals surface area contributed by atoms with E-state index in [2.05, 4.69) is 16.0 Å². The minimum atomic E-state index is -0.499. The van der Waals surface area contributed by atoms with Crippen molar-refractivity contribution in [2.45, 2.75) is 6.54 Å². The molecule has 0 bridgehead atoms. The summed E-state index contributed by atoms with van der Waals surface area (Å²) in [5.41, 5.74) is 12.8. The van der Waals surface area contributed by atoms with Crippen molar-refractivity contribution in [3.05, 3.63) is 39.7 Å². The molecule has 3 heterocycles. The van der Waals surface area contributed by atoms with Crippen LogP contribution in [0.5, 0.6) is 0 Å². The van der Waals surface area contributed by atoms with Gasteiger partial charge in [0.2, 0.25) is 0 Å². The Bertz CT molecular complexity index is 795. The van der Waals surface area contributed by atoms with Crippen molar-refractivity contribution in [1.29, 1.82) is 0 Å². The molecular formula is C14H14N4OS2. The normalized spacial score (nSPS) is 10.9. The Morgan fingerprint density at radius 2 is 2.24 bits per heavy atom. The van der Waals surface area contributed by atoms with E-state index < -0.39 is 5.91 Å². The molecule has 0 unspecified atom stereocenters. The number of anilines is 2. The van der Waals surface area contributed by atoms with Crippen molar-refractivity contribution < 1.29 is 4.79 Å². The van der Waals surface area contributed by atoms with Gasteiger partial charge in [-0.3, -0.25) is 9.78 Å². The number of carbonyl (C=O) groups is 1. The number of rotatable bonds is 4. The molecular weight excluding hydrogens is 304 g/mol. The van der Waals surface area contributed by atoms with Gasteiger partial charge in [-0.1, -0.05) is 6.07 Å². The van der Waals surface area contributed by atoms with Crippen LogP contribution in [0.15, 0.2) is 29.9 Å². The van der Waals surface area contributed by atoms with Gasteiger partial charge >= 0.3 is 0 Å². The molecule has 0 fully saturated rings. The molecule has 0 spiro atoms. The predicted octanol–water partition coefficient (Wildman–Crippen LogP) is 2.68. The van der Waals surface area contributed by atoms with Gasteiger partial charge in [0.05, 0.1) is 28.8 Å². The van der Waals surface area contributed by atoms with Gasteiger partial charge in [-0.05, 0) is 11.4 Å². The van der Waals surface area contributed by atoms with E-state index in [1.54, 1.807) is 23.7 Å². The first-order chi connectivity index (χ1) is 10.1. The fourth-order valence-corrected chi connectivity index (χ4v) is 3.97. The second kappa shape index (κ2) is 5.34. The van der Waals surface area contributed by atoms with Crippen LogP contribution in [0, 0.1) is 0 Å². The highest BCUT2D eigenvalue weighted by atomic mass is 32.1. The van der Waals surface area contributed by atoms with Crippen LogP contribution in [-0.2, 0) is 6.54 Å². The molecule has 4 N–H and O–H groups in total. The van der Waals surface area contributed by atoms with E-state index in [0.29, 0.717) is 10.6 Å². The second-order valence-electron chi connectivity index (χ2n) is 4.68. The summed E-state index contributed by atoms with van der Waals surface area (Å²) in [6.45, 7) is 0.764. The molecule has 0 aliphatic heterocycles. The van der Waals surface area contributed by atoms with Gasteiger partial charge in [-0.25, -0.2) is 0 Å². The zero-order valence-electron chi connectivity index (χ0n) is 11.4. The zero-order valence-corrected chi connectivity index (χ0v) is 13.0. The van der Waals surface area contributed by atoms with Crippen LogP contribution in [0.4, 0.5) is 11.4 Å². The van der Waals surface area contributed by atoms with Gasteiger partial charge in [0, 0.05) is 23.5 Å². The molecule has 0 atom stereocenters. The molecule has 0 radical (unpaired) electrons. The summed E-state index contributed by atoms with van der Waals surface area (Å²) in [5, 5.41) is 2.90. The number of thiophene rings is 2. The molecule has 3 rings (SSSR count). The van der Waals surface area contributed by atoms with Crippen molar-refractivity contribution in [2.24, 2.45) is 5.73 Å². The maximum absolute atomic E-state index is 11.4. The standard InChI is InChI=1S/C14H14N4OS2/c1-18(7-8-3-2-4-20-8)9-5-17-6-10-11(9)12(15)13(21-10)14(16)19/h2-6H,7,15H2,1H3,(H2,16,19). The van der Waals surface area contributed by atoms with E-state index in [1.165, 1.54) is 16.2 Å². The number of nitrogens with zero attached hydrogens (tertiary/aromatic N) is 2. The Balaban J connectivity index is 2.07. The SMILES string of the molecule is CN(Cc1cccs1)c1cncc2sc(C(N)=O)c(N)c12. The monoisotopic (exact) mass is 318 g/mol. The Kier molecular flexibility index (Phi) is 3.52. The maximum atomic E-state index is 11.4. The van der Waals surface area contributed by atoms with E-state index >= 15 is 0 Å². The number of fused-ring (bicyclic) bond motifs is 1. The van der Waals surface area contributed by atoms with Crippen LogP contribution in [0.25, 0.3) is 10.1 Å². The number of nitrogens with two attached hydrogens (primary N) is 2. The van der Waals surface area contributed by atoms with Crippen LogP contribution in [0.2, 0.25) is 0 Å². The molecule has 0 aliphatic carbocycles. The zero-order chi connectivity index (χ0) is 15.0. The topological polar surface area (TPSA) is 85.2 Å². The van der Waals surface area contributed by atoms with Crippen molar-refractivity contribution >= 4 is 50.0 Å². The first-order valence-corrected chi connectivity index (χ1v) is 7.97. The van der Waals surface area contributed by atoms with E-state index in [4.69, 9.17) is 11.5 Å². The Morgan fingerprint density at radius 1 is 1.43 bits per heavy atom. The molecule has 1 amide bonds. The molecule has 0 saturated heterocycles. The summed E-state index contributed by atoms with van der Waals surface area (Å²) in [6, 6.07) is 4.11. The van der Waals surface area contributed by atoms with Crippen LogP contribution < -0.4 is 16.4 Å². The third-order valence-corrected chi connectivity index (χ3v) is 5.24. The van der Waals surface area contributed by atoms with Gasteiger partial charge in [0.1, 0.15) is 4.88 Å². The number of pyridine rings is 1. The summed E-state index contributed by atoms with van der Waals surface area (Å²) in [6.07, 6.45) is 3.48. The average molecular weight is 318 g/mol. The fraction of sp³-hybridized carbons (Fsp3) is 0.143. The number of hydrogen-bond acceptors (Lipinski definition) is 6. The van der Waals surface area contributed by atoms with Crippen LogP contribution >= 0.6 is 22.7 Å². The number of hydrogen-bond donors (Lipinski definition) is 2. The van der Waals surface area contributed by atoms with E-state index in [-0.39, 0.29) is 0 Å². The van der Waals surface area contributed by atoms with Gasteiger partial charge in [0.15, 0.2) is 0 Å². The summed E-state index contributed by atoms with van der Waals surface area (Å²) >= 11 is 2.99. The molecule has 0 aliphatic rings. The van der Waals surface area contributed by atoms with Crippen molar-refractivity contribution in [3.63, 3.8) is 0 Å². The molecule has 3 aromatic heterocycles. The van der Waals surface area contributed by atoms with Crippen LogP contribution in [-0.4, -0.2) is 17.9 Å². The van der Waals surface area contributed by atoms with Crippen molar-refractivity contribution in [2.75, 3.05) is 17.7 Å². The lowest BCUT2D eigenvalue weighted by atomic mass is 10.2. The van der Waals surface area contributed by atoms with E-state index in [0.717, 1.165) is 22.3 Å². The molecule has 108 valence electrons. The van der Waals surface area contributed by atoms with E-state index in [1.807, 2.05) is 18.5 Å². The maximum Gasteiger partial charge on any atom is 0.260 e. The minimum absolute atomic E-state index is 0.392. The average Bonchev–Trinajstić information content (AvgIpc) is 3.07. The molecule has 0 saturated carbocycles. The molecule has 7 heteroatoms. The Hall–Kier alpha value is -2.12. The number of nitrogen functional groups attached to an aromatic ring is 1. The minimum Gasteiger partial charge on any atom is -0.397 e. The lowest BCUT2D eigenvalue weighted by Crippen LogP contribution is -2.16. The van der Waals surface area contributed by atoms with Gasteiger partial charge in [0.25, 0.3) is 5.91 Å². The van der Waals surface area contributed by atoms with Gasteiger partial charge in [-0.15, -0.1) is 22.7 Å². The molecule has 3 aromatic rings. The van der Waals surface area contributed by atoms with Crippen molar-refractivity contribution in [1.82, 2.24) is 4.98 Å². The number of primary amides is 1. The highest BCUT2D eigenvalue weighted by Gasteiger charge is 2.18. The smallest absolute Gasteiger partial charge is 0.260 e. The Labute approximate surface area is 129 Å². The fourth-order valence-electron chi connectivity index (χ4n) is 2.25. The third-order valence-electron chi connectivity index (χ3n) is 3.23. The second-order valence-corrected chi connectivity index (χ2v) is 6.76. The van der Waals surface area contributed by atoms with Crippen molar-refractivity contribution in [3.8, 4) is 0 Å². The quantitative estimate of drug-likeness (QED) is 0.774. The first kappa shape index (κ1) is 13.8. The summed E-state index contributed by atoms with van der Waals surface area (Å²) in [5.74, 6) is -0.499. The van der Waals surface area contributed by atoms with Crippen LogP contribution in [0.3, 0.4) is 0 Å². The van der Waals surface area contributed by atoms with Gasteiger partial charge in [-0.2, -0.15) is 0 Å². The van der Waals surface area contributed by atoms with Gasteiger partial charge < -0.3 is 16.4 Å². The lowest BCUT2D eigenvalue weighted by Gasteiger charge is -2.19. The first-order valence-electron chi connectivity index (χ1n) is 6.27.